The molecule has 1 aromatic rings. The largest absolute Gasteiger partial charge is 0.490 e. The molecule has 1 aliphatic rings. The molecule has 2 nitrogen and oxygen atoms in total. The van der Waals surface area contributed by atoms with Gasteiger partial charge in [-0.3, -0.25) is 0 Å². The highest BCUT2D eigenvalue weighted by atomic mass is 19.1. The minimum Gasteiger partial charge on any atom is -0.490 e. The number of hydrogen-bond donors (Lipinski definition) is 1. The predicted octanol–water partition coefficient (Wildman–Crippen LogP) is 2.64. The third kappa shape index (κ3) is 1.80. The summed E-state index contributed by atoms with van der Waals surface area (Å²) >= 11 is 0. The van der Waals surface area contributed by atoms with E-state index in [1.807, 2.05) is 0 Å². The Balaban J connectivity index is 2.08. The van der Waals surface area contributed by atoms with E-state index in [4.69, 9.17) is 10.5 Å². The van der Waals surface area contributed by atoms with E-state index in [-0.39, 0.29) is 23.4 Å². The van der Waals surface area contributed by atoms with E-state index in [1.54, 1.807) is 19.1 Å². The maximum absolute atomic E-state index is 13.1. The molecule has 16 heavy (non-hydrogen) atoms. The zero-order valence-corrected chi connectivity index (χ0v) is 9.96. The monoisotopic (exact) mass is 223 g/mol. The molecule has 0 radical (unpaired) electrons. The molecule has 0 spiro atoms. The van der Waals surface area contributed by atoms with Crippen molar-refractivity contribution < 1.29 is 9.13 Å². The van der Waals surface area contributed by atoms with E-state index in [2.05, 4.69) is 13.8 Å². The fourth-order valence-electron chi connectivity index (χ4n) is 1.97. The lowest BCUT2D eigenvalue weighted by Gasteiger charge is -2.49. The van der Waals surface area contributed by atoms with Crippen LogP contribution >= 0.6 is 0 Å². The summed E-state index contributed by atoms with van der Waals surface area (Å²) in [6, 6.07) is 5.03. The molecule has 2 unspecified atom stereocenters. The molecule has 1 fully saturated rings. The van der Waals surface area contributed by atoms with Crippen LogP contribution in [0.3, 0.4) is 0 Å². The smallest absolute Gasteiger partial charge is 0.126 e. The number of halogens is 1. The van der Waals surface area contributed by atoms with Crippen LogP contribution in [0.25, 0.3) is 0 Å². The minimum atomic E-state index is -0.197. The van der Waals surface area contributed by atoms with Crippen LogP contribution in [-0.2, 0) is 0 Å². The molecule has 0 saturated heterocycles. The quantitative estimate of drug-likeness (QED) is 0.836. The SMILES string of the molecule is Cc1cc(OC2CC(N)C2(C)C)ccc1F. The van der Waals surface area contributed by atoms with Gasteiger partial charge in [-0.1, -0.05) is 13.8 Å². The number of benzene rings is 1. The van der Waals surface area contributed by atoms with E-state index in [1.165, 1.54) is 6.07 Å². The molecule has 1 saturated carbocycles. The fraction of sp³-hybridized carbons (Fsp3) is 0.538. The average Bonchev–Trinajstić information content (AvgIpc) is 2.23. The summed E-state index contributed by atoms with van der Waals surface area (Å²) in [7, 11) is 0. The molecule has 0 heterocycles. The third-order valence-electron chi connectivity index (χ3n) is 3.66. The van der Waals surface area contributed by atoms with Gasteiger partial charge in [0.25, 0.3) is 0 Å². The lowest BCUT2D eigenvalue weighted by Crippen LogP contribution is -2.60. The highest BCUT2D eigenvalue weighted by Gasteiger charge is 2.47. The zero-order chi connectivity index (χ0) is 11.9. The molecule has 0 aromatic heterocycles. The molecule has 1 aromatic carbocycles. The highest BCUT2D eigenvalue weighted by molar-refractivity contribution is 5.29. The van der Waals surface area contributed by atoms with Gasteiger partial charge in [0.05, 0.1) is 0 Å². The lowest BCUT2D eigenvalue weighted by atomic mass is 9.65. The first kappa shape index (κ1) is 11.4. The van der Waals surface area contributed by atoms with Crippen LogP contribution in [-0.4, -0.2) is 12.1 Å². The molecule has 2 rings (SSSR count). The first-order valence-corrected chi connectivity index (χ1v) is 5.59. The van der Waals surface area contributed by atoms with Crippen molar-refractivity contribution in [3.8, 4) is 5.75 Å². The van der Waals surface area contributed by atoms with E-state index < -0.39 is 0 Å². The number of aryl methyl sites for hydroxylation is 1. The van der Waals surface area contributed by atoms with Gasteiger partial charge in [-0.05, 0) is 30.7 Å². The molecular formula is C13H18FNO. The van der Waals surface area contributed by atoms with Crippen LogP contribution in [0.1, 0.15) is 25.8 Å². The van der Waals surface area contributed by atoms with Gasteiger partial charge in [-0.2, -0.15) is 0 Å². The molecule has 2 N–H and O–H groups in total. The Bertz CT molecular complexity index is 403. The van der Waals surface area contributed by atoms with Crippen LogP contribution in [0.5, 0.6) is 5.75 Å². The number of ether oxygens (including phenoxy) is 1. The minimum absolute atomic E-state index is 0.00227. The van der Waals surface area contributed by atoms with Gasteiger partial charge in [-0.15, -0.1) is 0 Å². The second-order valence-corrected chi connectivity index (χ2v) is 5.18. The highest BCUT2D eigenvalue weighted by Crippen LogP contribution is 2.41. The van der Waals surface area contributed by atoms with Crippen molar-refractivity contribution in [2.45, 2.75) is 39.3 Å². The molecule has 0 bridgehead atoms. The second-order valence-electron chi connectivity index (χ2n) is 5.18. The Hall–Kier alpha value is -1.09. The fourth-order valence-corrected chi connectivity index (χ4v) is 1.97. The van der Waals surface area contributed by atoms with Gasteiger partial charge >= 0.3 is 0 Å². The van der Waals surface area contributed by atoms with Gasteiger partial charge in [0.1, 0.15) is 17.7 Å². The Morgan fingerprint density at radius 2 is 2.12 bits per heavy atom. The molecule has 88 valence electrons. The van der Waals surface area contributed by atoms with Crippen molar-refractivity contribution in [2.75, 3.05) is 0 Å². The Morgan fingerprint density at radius 3 is 2.62 bits per heavy atom. The number of rotatable bonds is 2. The average molecular weight is 223 g/mol. The summed E-state index contributed by atoms with van der Waals surface area (Å²) in [4.78, 5) is 0. The summed E-state index contributed by atoms with van der Waals surface area (Å²) < 4.78 is 18.9. The maximum atomic E-state index is 13.1. The van der Waals surface area contributed by atoms with E-state index >= 15 is 0 Å². The predicted molar refractivity (Wildman–Crippen MR) is 61.9 cm³/mol. The Kier molecular flexibility index (Phi) is 2.66. The molecule has 3 heteroatoms. The lowest BCUT2D eigenvalue weighted by molar-refractivity contribution is -0.0400. The van der Waals surface area contributed by atoms with Crippen LogP contribution in [0.2, 0.25) is 0 Å². The summed E-state index contributed by atoms with van der Waals surface area (Å²) in [5, 5.41) is 0. The summed E-state index contributed by atoms with van der Waals surface area (Å²) in [5.41, 5.74) is 6.53. The van der Waals surface area contributed by atoms with Crippen molar-refractivity contribution in [1.82, 2.24) is 0 Å². The van der Waals surface area contributed by atoms with Crippen LogP contribution < -0.4 is 10.5 Å². The zero-order valence-electron chi connectivity index (χ0n) is 9.96. The first-order chi connectivity index (χ1) is 7.41. The van der Waals surface area contributed by atoms with Crippen LogP contribution in [0, 0.1) is 18.2 Å². The van der Waals surface area contributed by atoms with Crippen molar-refractivity contribution in [3.05, 3.63) is 29.6 Å². The van der Waals surface area contributed by atoms with Gasteiger partial charge < -0.3 is 10.5 Å². The van der Waals surface area contributed by atoms with Gasteiger partial charge in [-0.25, -0.2) is 4.39 Å². The van der Waals surface area contributed by atoms with Crippen molar-refractivity contribution in [2.24, 2.45) is 11.1 Å². The maximum Gasteiger partial charge on any atom is 0.126 e. The number of hydrogen-bond acceptors (Lipinski definition) is 2. The van der Waals surface area contributed by atoms with E-state index in [0.29, 0.717) is 5.56 Å². The Morgan fingerprint density at radius 1 is 1.44 bits per heavy atom. The molecule has 0 amide bonds. The van der Waals surface area contributed by atoms with E-state index in [9.17, 15) is 4.39 Å². The molecule has 1 aliphatic carbocycles. The van der Waals surface area contributed by atoms with Gasteiger partial charge in [0, 0.05) is 17.9 Å². The molecule has 2 atom stereocenters. The molecular weight excluding hydrogens is 205 g/mol. The normalized spacial score (nSPS) is 27.3. The van der Waals surface area contributed by atoms with Crippen molar-refractivity contribution >= 4 is 0 Å². The standard InChI is InChI=1S/C13H18FNO/c1-8-6-9(4-5-10(8)14)16-12-7-11(15)13(12,2)3/h4-6,11-12H,7,15H2,1-3H3. The van der Waals surface area contributed by atoms with Crippen LogP contribution in [0.15, 0.2) is 18.2 Å². The third-order valence-corrected chi connectivity index (χ3v) is 3.66. The second kappa shape index (κ2) is 3.74. The van der Waals surface area contributed by atoms with Crippen LogP contribution in [0.4, 0.5) is 4.39 Å². The summed E-state index contributed by atoms with van der Waals surface area (Å²) in [5.74, 6) is 0.529. The van der Waals surface area contributed by atoms with E-state index in [0.717, 1.165) is 12.2 Å². The summed E-state index contributed by atoms with van der Waals surface area (Å²) in [6.45, 7) is 5.93. The topological polar surface area (TPSA) is 35.2 Å². The number of nitrogens with two attached hydrogens (primary N) is 1. The van der Waals surface area contributed by atoms with Gasteiger partial charge in [0.15, 0.2) is 0 Å². The summed E-state index contributed by atoms with van der Waals surface area (Å²) in [6.07, 6.45) is 0.996. The van der Waals surface area contributed by atoms with Crippen molar-refractivity contribution in [1.29, 1.82) is 0 Å². The Labute approximate surface area is 95.6 Å². The molecule has 0 aliphatic heterocycles. The van der Waals surface area contributed by atoms with Crippen molar-refractivity contribution in [3.63, 3.8) is 0 Å². The van der Waals surface area contributed by atoms with Gasteiger partial charge in [0.2, 0.25) is 0 Å². The first-order valence-electron chi connectivity index (χ1n) is 5.59.